The first-order valence-electron chi connectivity index (χ1n) is 5.84. The number of hydrogen-bond donors (Lipinski definition) is 1. The number of methoxy groups -OCH3 is 1. The number of nitrogens with zero attached hydrogens (tertiary/aromatic N) is 1. The SMILES string of the molecule is COc1cc(C(=O)Cc2cccnc2)c(C=O)c(=O)[nH]1. The fourth-order valence-corrected chi connectivity index (χ4v) is 1.79. The lowest BCUT2D eigenvalue weighted by Gasteiger charge is -2.06. The molecule has 1 N–H and O–H groups in total. The van der Waals surface area contributed by atoms with Crippen LogP contribution in [0.1, 0.15) is 26.3 Å². The van der Waals surface area contributed by atoms with Crippen molar-refractivity contribution in [3.63, 3.8) is 0 Å². The van der Waals surface area contributed by atoms with Gasteiger partial charge < -0.3 is 4.74 Å². The molecule has 0 unspecified atom stereocenters. The topological polar surface area (TPSA) is 89.1 Å². The number of H-pyrrole nitrogens is 1. The number of carbonyl (C=O) groups is 2. The molecular weight excluding hydrogens is 260 g/mol. The Morgan fingerprint density at radius 3 is 2.90 bits per heavy atom. The number of aromatic nitrogens is 2. The number of pyridine rings is 2. The molecule has 0 fully saturated rings. The van der Waals surface area contributed by atoms with E-state index in [1.807, 2.05) is 0 Å². The van der Waals surface area contributed by atoms with Crippen molar-refractivity contribution in [3.8, 4) is 5.88 Å². The molecule has 2 heterocycles. The van der Waals surface area contributed by atoms with Crippen LogP contribution >= 0.6 is 0 Å². The third kappa shape index (κ3) is 2.80. The zero-order valence-electron chi connectivity index (χ0n) is 10.8. The summed E-state index contributed by atoms with van der Waals surface area (Å²) >= 11 is 0. The molecule has 6 nitrogen and oxygen atoms in total. The molecule has 0 aliphatic carbocycles. The van der Waals surface area contributed by atoms with Gasteiger partial charge in [-0.2, -0.15) is 0 Å². The van der Waals surface area contributed by atoms with Gasteiger partial charge >= 0.3 is 0 Å². The smallest absolute Gasteiger partial charge is 0.262 e. The van der Waals surface area contributed by atoms with Crippen molar-refractivity contribution in [1.82, 2.24) is 9.97 Å². The molecule has 0 aliphatic heterocycles. The maximum Gasteiger partial charge on any atom is 0.262 e. The summed E-state index contributed by atoms with van der Waals surface area (Å²) in [7, 11) is 1.36. The molecule has 0 aliphatic rings. The summed E-state index contributed by atoms with van der Waals surface area (Å²) in [6, 6.07) is 4.81. The first-order valence-corrected chi connectivity index (χ1v) is 5.84. The molecule has 0 saturated carbocycles. The van der Waals surface area contributed by atoms with Crippen LogP contribution in [0.2, 0.25) is 0 Å². The number of Topliss-reactive ketones (excluding diaryl/α,β-unsaturated/α-hetero) is 1. The third-order valence-electron chi connectivity index (χ3n) is 2.77. The molecule has 20 heavy (non-hydrogen) atoms. The quantitative estimate of drug-likeness (QED) is 0.648. The highest BCUT2D eigenvalue weighted by Gasteiger charge is 2.16. The van der Waals surface area contributed by atoms with Crippen LogP contribution < -0.4 is 10.3 Å². The maximum absolute atomic E-state index is 12.2. The Morgan fingerprint density at radius 2 is 2.30 bits per heavy atom. The predicted molar refractivity (Wildman–Crippen MR) is 71.3 cm³/mol. The average Bonchev–Trinajstić information content (AvgIpc) is 2.47. The van der Waals surface area contributed by atoms with Gasteiger partial charge in [0.15, 0.2) is 17.9 Å². The number of ether oxygens (including phenoxy) is 1. The van der Waals surface area contributed by atoms with E-state index in [1.54, 1.807) is 24.5 Å². The van der Waals surface area contributed by atoms with E-state index >= 15 is 0 Å². The van der Waals surface area contributed by atoms with E-state index in [0.29, 0.717) is 11.8 Å². The van der Waals surface area contributed by atoms with Gasteiger partial charge in [-0.05, 0) is 11.6 Å². The van der Waals surface area contributed by atoms with Crippen LogP contribution in [0.15, 0.2) is 35.4 Å². The molecule has 0 amide bonds. The van der Waals surface area contributed by atoms with Gasteiger partial charge in [0.2, 0.25) is 0 Å². The highest BCUT2D eigenvalue weighted by atomic mass is 16.5. The molecule has 102 valence electrons. The van der Waals surface area contributed by atoms with Gasteiger partial charge in [0, 0.05) is 30.4 Å². The van der Waals surface area contributed by atoms with Gasteiger partial charge in [-0.15, -0.1) is 0 Å². The first-order chi connectivity index (χ1) is 9.65. The van der Waals surface area contributed by atoms with E-state index in [-0.39, 0.29) is 29.2 Å². The molecule has 6 heteroatoms. The fraction of sp³-hybridized carbons (Fsp3) is 0.143. The highest BCUT2D eigenvalue weighted by Crippen LogP contribution is 2.13. The summed E-state index contributed by atoms with van der Waals surface area (Å²) in [5.41, 5.74) is -0.0911. The molecule has 0 bridgehead atoms. The second-order valence-electron chi connectivity index (χ2n) is 4.07. The molecule has 0 saturated heterocycles. The van der Waals surface area contributed by atoms with Gasteiger partial charge in [-0.3, -0.25) is 24.4 Å². The first kappa shape index (κ1) is 13.7. The number of aromatic amines is 1. The second kappa shape index (κ2) is 5.92. The van der Waals surface area contributed by atoms with E-state index < -0.39 is 5.56 Å². The zero-order chi connectivity index (χ0) is 14.5. The van der Waals surface area contributed by atoms with Crippen LogP contribution in [0.5, 0.6) is 5.88 Å². The number of nitrogens with one attached hydrogen (secondary N) is 1. The van der Waals surface area contributed by atoms with Crippen LogP contribution in [-0.4, -0.2) is 29.1 Å². The number of ketones is 1. The van der Waals surface area contributed by atoms with Gasteiger partial charge in [-0.25, -0.2) is 0 Å². The third-order valence-corrected chi connectivity index (χ3v) is 2.77. The second-order valence-corrected chi connectivity index (χ2v) is 4.07. The summed E-state index contributed by atoms with van der Waals surface area (Å²) in [6.07, 6.45) is 3.58. The van der Waals surface area contributed by atoms with Crippen LogP contribution in [0.4, 0.5) is 0 Å². The van der Waals surface area contributed by atoms with E-state index in [9.17, 15) is 14.4 Å². The van der Waals surface area contributed by atoms with Crippen LogP contribution in [0, 0.1) is 0 Å². The summed E-state index contributed by atoms with van der Waals surface area (Å²) in [5.74, 6) is -0.209. The molecule has 0 aromatic carbocycles. The minimum absolute atomic E-state index is 0.0458. The number of rotatable bonds is 5. The van der Waals surface area contributed by atoms with Crippen LogP contribution in [0.25, 0.3) is 0 Å². The predicted octanol–water partition coefficient (Wildman–Crippen LogP) is 1.02. The van der Waals surface area contributed by atoms with Crippen molar-refractivity contribution in [3.05, 3.63) is 57.6 Å². The number of aldehydes is 1. The Balaban J connectivity index is 2.41. The largest absolute Gasteiger partial charge is 0.482 e. The Bertz CT molecular complexity index is 692. The van der Waals surface area contributed by atoms with Gasteiger partial charge in [0.25, 0.3) is 5.56 Å². The van der Waals surface area contributed by atoms with Crippen molar-refractivity contribution < 1.29 is 14.3 Å². The van der Waals surface area contributed by atoms with Crippen LogP contribution in [0.3, 0.4) is 0 Å². The average molecular weight is 272 g/mol. The summed E-state index contributed by atoms with van der Waals surface area (Å²) in [4.78, 5) is 41.1. The van der Waals surface area contributed by atoms with E-state index in [2.05, 4.69) is 9.97 Å². The molecule has 2 rings (SSSR count). The lowest BCUT2D eigenvalue weighted by molar-refractivity contribution is 0.0985. The lowest BCUT2D eigenvalue weighted by Crippen LogP contribution is -2.19. The van der Waals surface area contributed by atoms with Crippen molar-refractivity contribution >= 4 is 12.1 Å². The zero-order valence-corrected chi connectivity index (χ0v) is 10.8. The van der Waals surface area contributed by atoms with Crippen molar-refractivity contribution in [2.24, 2.45) is 0 Å². The summed E-state index contributed by atoms with van der Waals surface area (Å²) in [6.45, 7) is 0. The standard InChI is InChI=1S/C14H12N2O4/c1-20-13-6-10(11(8-17)14(19)16-13)12(18)5-9-3-2-4-15-7-9/h2-4,6-8H,5H2,1H3,(H,16,19). The van der Waals surface area contributed by atoms with Gasteiger partial charge in [-0.1, -0.05) is 6.07 Å². The van der Waals surface area contributed by atoms with E-state index in [4.69, 9.17) is 4.74 Å². The highest BCUT2D eigenvalue weighted by molar-refractivity contribution is 6.03. The van der Waals surface area contributed by atoms with E-state index in [1.165, 1.54) is 13.2 Å². The van der Waals surface area contributed by atoms with E-state index in [0.717, 1.165) is 0 Å². The molecule has 2 aromatic rings. The van der Waals surface area contributed by atoms with Gasteiger partial charge in [0.1, 0.15) is 0 Å². The van der Waals surface area contributed by atoms with Crippen LogP contribution in [-0.2, 0) is 6.42 Å². The molecule has 0 radical (unpaired) electrons. The van der Waals surface area contributed by atoms with Gasteiger partial charge in [0.05, 0.1) is 12.7 Å². The summed E-state index contributed by atoms with van der Waals surface area (Å²) < 4.78 is 4.90. The Morgan fingerprint density at radius 1 is 1.50 bits per heavy atom. The minimum Gasteiger partial charge on any atom is -0.482 e. The van der Waals surface area contributed by atoms with Crippen molar-refractivity contribution in [2.75, 3.05) is 7.11 Å². The maximum atomic E-state index is 12.2. The number of hydrogen-bond acceptors (Lipinski definition) is 5. The lowest BCUT2D eigenvalue weighted by atomic mass is 10.0. The summed E-state index contributed by atoms with van der Waals surface area (Å²) in [5, 5.41) is 0. The minimum atomic E-state index is -0.645. The molecule has 0 atom stereocenters. The Kier molecular flexibility index (Phi) is 4.05. The van der Waals surface area contributed by atoms with Crippen molar-refractivity contribution in [1.29, 1.82) is 0 Å². The van der Waals surface area contributed by atoms with Crippen molar-refractivity contribution in [2.45, 2.75) is 6.42 Å². The number of carbonyl (C=O) groups excluding carboxylic acids is 2. The fourth-order valence-electron chi connectivity index (χ4n) is 1.79. The molecule has 2 aromatic heterocycles. The Labute approximate surface area is 114 Å². The molecule has 0 spiro atoms. The Hall–Kier alpha value is -2.76. The monoisotopic (exact) mass is 272 g/mol. The normalized spacial score (nSPS) is 10.1. The molecular formula is C14H12N2O4.